The molecular formula is C20H21F2N3O2. The van der Waals surface area contributed by atoms with Gasteiger partial charge < -0.3 is 4.74 Å². The number of aromatic nitrogens is 3. The summed E-state index contributed by atoms with van der Waals surface area (Å²) < 4.78 is 33.8. The van der Waals surface area contributed by atoms with Crippen molar-refractivity contribution >= 4 is 17.0 Å². The van der Waals surface area contributed by atoms with Gasteiger partial charge in [0, 0.05) is 11.1 Å². The molecule has 0 aliphatic carbocycles. The third kappa shape index (κ3) is 3.67. The summed E-state index contributed by atoms with van der Waals surface area (Å²) in [5.74, 6) is -0.487. The number of carbonyl (C=O) groups excluding carboxylic acids is 1. The van der Waals surface area contributed by atoms with Crippen molar-refractivity contribution in [2.24, 2.45) is 0 Å². The Morgan fingerprint density at radius 3 is 2.56 bits per heavy atom. The minimum Gasteiger partial charge on any atom is -0.465 e. The summed E-state index contributed by atoms with van der Waals surface area (Å²) >= 11 is 0. The molecule has 3 rings (SSSR count). The second kappa shape index (κ2) is 7.42. The predicted molar refractivity (Wildman–Crippen MR) is 98.8 cm³/mol. The summed E-state index contributed by atoms with van der Waals surface area (Å²) in [7, 11) is 0. The molecule has 27 heavy (non-hydrogen) atoms. The number of carbonyl (C=O) groups is 1. The monoisotopic (exact) mass is 373 g/mol. The average molecular weight is 373 g/mol. The van der Waals surface area contributed by atoms with Gasteiger partial charge in [0.2, 0.25) is 0 Å². The molecule has 0 bridgehead atoms. The summed E-state index contributed by atoms with van der Waals surface area (Å²) in [6, 6.07) is 7.10. The molecule has 2 aromatic heterocycles. The highest BCUT2D eigenvalue weighted by Crippen LogP contribution is 2.33. The van der Waals surface area contributed by atoms with E-state index in [-0.39, 0.29) is 29.7 Å². The van der Waals surface area contributed by atoms with Gasteiger partial charge >= 0.3 is 5.97 Å². The van der Waals surface area contributed by atoms with E-state index in [4.69, 9.17) is 4.74 Å². The highest BCUT2D eigenvalue weighted by atomic mass is 19.3. The highest BCUT2D eigenvalue weighted by Gasteiger charge is 2.22. The topological polar surface area (TPSA) is 57.0 Å². The molecule has 7 heteroatoms. The lowest BCUT2D eigenvalue weighted by Crippen LogP contribution is -2.15. The van der Waals surface area contributed by atoms with E-state index in [1.54, 1.807) is 13.8 Å². The van der Waals surface area contributed by atoms with E-state index in [1.165, 1.54) is 10.7 Å². The van der Waals surface area contributed by atoms with Crippen molar-refractivity contribution in [2.45, 2.75) is 40.7 Å². The van der Waals surface area contributed by atoms with Crippen LogP contribution in [0.2, 0.25) is 0 Å². The number of ether oxygens (including phenoxy) is 1. The largest absolute Gasteiger partial charge is 0.465 e. The molecular weight excluding hydrogens is 352 g/mol. The number of esters is 1. The summed E-state index contributed by atoms with van der Waals surface area (Å²) in [5, 5.41) is 4.52. The maximum Gasteiger partial charge on any atom is 0.327 e. The molecule has 5 nitrogen and oxygen atoms in total. The first-order valence-electron chi connectivity index (χ1n) is 8.71. The number of benzene rings is 1. The normalized spacial score (nSPS) is 11.4. The molecule has 0 aliphatic heterocycles. The standard InChI is InChI=1S/C20H21F2N3O2/c1-5-27-17(26)10-25-20-18(13(4)24-25)15(19(21)22)9-16(23-20)14-7-6-11(2)12(3)8-14/h6-9,19H,5,10H2,1-4H3. The first-order valence-corrected chi connectivity index (χ1v) is 8.71. The van der Waals surface area contributed by atoms with Gasteiger partial charge in [0.1, 0.15) is 6.54 Å². The molecule has 1 aromatic carbocycles. The van der Waals surface area contributed by atoms with Crippen molar-refractivity contribution < 1.29 is 18.3 Å². The second-order valence-electron chi connectivity index (χ2n) is 6.44. The Kier molecular flexibility index (Phi) is 5.21. The molecule has 2 heterocycles. The number of pyridine rings is 1. The second-order valence-corrected chi connectivity index (χ2v) is 6.44. The van der Waals surface area contributed by atoms with E-state index in [2.05, 4.69) is 10.1 Å². The third-order valence-corrected chi connectivity index (χ3v) is 4.53. The Bertz CT molecular complexity index is 1010. The van der Waals surface area contributed by atoms with Crippen molar-refractivity contribution in [1.29, 1.82) is 0 Å². The minimum atomic E-state index is -2.68. The zero-order chi connectivity index (χ0) is 19.7. The number of fused-ring (bicyclic) bond motifs is 1. The van der Waals surface area contributed by atoms with Gasteiger partial charge in [-0.1, -0.05) is 12.1 Å². The minimum absolute atomic E-state index is 0.138. The van der Waals surface area contributed by atoms with Crippen LogP contribution in [-0.4, -0.2) is 27.3 Å². The van der Waals surface area contributed by atoms with Gasteiger partial charge in [-0.2, -0.15) is 5.10 Å². The molecule has 0 saturated carbocycles. The van der Waals surface area contributed by atoms with Gasteiger partial charge in [0.15, 0.2) is 5.65 Å². The van der Waals surface area contributed by atoms with Gasteiger partial charge in [0.05, 0.1) is 23.4 Å². The van der Waals surface area contributed by atoms with Crippen LogP contribution < -0.4 is 0 Å². The number of nitrogens with zero attached hydrogens (tertiary/aromatic N) is 3. The summed E-state index contributed by atoms with van der Waals surface area (Å²) in [4.78, 5) is 16.4. The van der Waals surface area contributed by atoms with Crippen molar-refractivity contribution in [3.63, 3.8) is 0 Å². The molecule has 3 aromatic rings. The highest BCUT2D eigenvalue weighted by molar-refractivity contribution is 5.86. The van der Waals surface area contributed by atoms with Crippen molar-refractivity contribution in [3.05, 3.63) is 46.6 Å². The van der Waals surface area contributed by atoms with E-state index in [0.29, 0.717) is 11.4 Å². The van der Waals surface area contributed by atoms with Gasteiger partial charge in [-0.05, 0) is 51.0 Å². The van der Waals surface area contributed by atoms with Crippen LogP contribution >= 0.6 is 0 Å². The molecule has 0 aliphatic rings. The van der Waals surface area contributed by atoms with Crippen LogP contribution in [0.25, 0.3) is 22.3 Å². The van der Waals surface area contributed by atoms with Gasteiger partial charge in [-0.3, -0.25) is 4.79 Å². The van der Waals surface area contributed by atoms with E-state index in [1.807, 2.05) is 32.0 Å². The summed E-state index contributed by atoms with van der Waals surface area (Å²) in [6.45, 7) is 7.34. The van der Waals surface area contributed by atoms with Gasteiger partial charge in [-0.25, -0.2) is 18.4 Å². The summed E-state index contributed by atoms with van der Waals surface area (Å²) in [6.07, 6.45) is -2.68. The zero-order valence-corrected chi connectivity index (χ0v) is 15.7. The lowest BCUT2D eigenvalue weighted by molar-refractivity contribution is -0.143. The molecule has 0 spiro atoms. The molecule has 0 radical (unpaired) electrons. The van der Waals surface area contributed by atoms with Gasteiger partial charge in [0.25, 0.3) is 6.43 Å². The van der Waals surface area contributed by atoms with Crippen molar-refractivity contribution in [2.75, 3.05) is 6.61 Å². The molecule has 0 saturated heterocycles. The maximum atomic E-state index is 13.8. The Morgan fingerprint density at radius 1 is 1.19 bits per heavy atom. The van der Waals surface area contributed by atoms with Crippen LogP contribution in [-0.2, 0) is 16.1 Å². The molecule has 0 N–H and O–H groups in total. The van der Waals surface area contributed by atoms with Crippen LogP contribution in [0.15, 0.2) is 24.3 Å². The van der Waals surface area contributed by atoms with Crippen LogP contribution in [0.1, 0.15) is 35.7 Å². The lowest BCUT2D eigenvalue weighted by atomic mass is 10.0. The number of hydrogen-bond acceptors (Lipinski definition) is 4. The molecule has 0 atom stereocenters. The maximum absolute atomic E-state index is 13.8. The Labute approximate surface area is 156 Å². The first-order chi connectivity index (χ1) is 12.8. The van der Waals surface area contributed by atoms with Crippen LogP contribution in [0.3, 0.4) is 0 Å². The quantitative estimate of drug-likeness (QED) is 0.617. The first kappa shape index (κ1) is 18.9. The molecule has 0 unspecified atom stereocenters. The SMILES string of the molecule is CCOC(=O)Cn1nc(C)c2c(C(F)F)cc(-c3ccc(C)c(C)c3)nc21. The van der Waals surface area contributed by atoms with Gasteiger partial charge in [-0.15, -0.1) is 0 Å². The number of aryl methyl sites for hydroxylation is 3. The zero-order valence-electron chi connectivity index (χ0n) is 15.7. The predicted octanol–water partition coefficient (Wildman–Crippen LogP) is 4.52. The van der Waals surface area contributed by atoms with Crippen LogP contribution in [0.4, 0.5) is 8.78 Å². The average Bonchev–Trinajstić information content (AvgIpc) is 2.92. The Morgan fingerprint density at radius 2 is 1.93 bits per heavy atom. The summed E-state index contributed by atoms with van der Waals surface area (Å²) in [5.41, 5.74) is 3.84. The molecule has 0 fully saturated rings. The fraction of sp³-hybridized carbons (Fsp3) is 0.350. The van der Waals surface area contributed by atoms with Crippen molar-refractivity contribution in [3.8, 4) is 11.3 Å². The third-order valence-electron chi connectivity index (χ3n) is 4.53. The van der Waals surface area contributed by atoms with Crippen molar-refractivity contribution in [1.82, 2.24) is 14.8 Å². The fourth-order valence-electron chi connectivity index (χ4n) is 3.05. The van der Waals surface area contributed by atoms with Crippen LogP contribution in [0, 0.1) is 20.8 Å². The number of alkyl halides is 2. The smallest absolute Gasteiger partial charge is 0.327 e. The lowest BCUT2D eigenvalue weighted by Gasteiger charge is -2.10. The van der Waals surface area contributed by atoms with E-state index < -0.39 is 12.4 Å². The number of rotatable bonds is 5. The van der Waals surface area contributed by atoms with Crippen LogP contribution in [0.5, 0.6) is 0 Å². The Hall–Kier alpha value is -2.83. The van der Waals surface area contributed by atoms with E-state index in [9.17, 15) is 13.6 Å². The van der Waals surface area contributed by atoms with E-state index in [0.717, 1.165) is 16.7 Å². The number of halogens is 2. The Balaban J connectivity index is 2.21. The molecule has 0 amide bonds. The van der Waals surface area contributed by atoms with E-state index >= 15 is 0 Å². The molecule has 142 valence electrons. The fourth-order valence-corrected chi connectivity index (χ4v) is 3.05. The number of hydrogen-bond donors (Lipinski definition) is 0.